The number of nitrogens with two attached hydrogens (primary N) is 1. The van der Waals surface area contributed by atoms with Gasteiger partial charge in [0, 0.05) is 12.2 Å². The van der Waals surface area contributed by atoms with Crippen molar-refractivity contribution in [2.24, 2.45) is 5.73 Å². The molecule has 2 N–H and O–H groups in total. The van der Waals surface area contributed by atoms with E-state index in [0.717, 1.165) is 11.4 Å². The van der Waals surface area contributed by atoms with Crippen LogP contribution in [0.1, 0.15) is 13.8 Å². The Morgan fingerprint density at radius 1 is 1.42 bits per heavy atom. The van der Waals surface area contributed by atoms with Gasteiger partial charge in [-0.25, -0.2) is 0 Å². The quantitative estimate of drug-likeness (QED) is 0.890. The second-order valence-electron chi connectivity index (χ2n) is 5.10. The molecule has 1 aromatic carbocycles. The number of amides is 1. The molecule has 104 valence electrons. The van der Waals surface area contributed by atoms with Crippen LogP contribution in [0.5, 0.6) is 5.75 Å². The van der Waals surface area contributed by atoms with Crippen LogP contribution in [0.4, 0.5) is 5.69 Å². The zero-order valence-corrected chi connectivity index (χ0v) is 11.6. The zero-order chi connectivity index (χ0) is 14.0. The third-order valence-corrected chi connectivity index (χ3v) is 3.25. The van der Waals surface area contributed by atoms with E-state index in [1.165, 1.54) is 0 Å². The summed E-state index contributed by atoms with van der Waals surface area (Å²) in [4.78, 5) is 14.1. The van der Waals surface area contributed by atoms with Crippen molar-refractivity contribution in [1.82, 2.24) is 0 Å². The van der Waals surface area contributed by atoms with Crippen LogP contribution in [0, 0.1) is 0 Å². The minimum absolute atomic E-state index is 0.0534. The molecule has 2 rings (SSSR count). The fourth-order valence-corrected chi connectivity index (χ4v) is 2.22. The van der Waals surface area contributed by atoms with Crippen LogP contribution < -0.4 is 15.4 Å². The number of rotatable bonds is 3. The Morgan fingerprint density at radius 3 is 2.58 bits per heavy atom. The summed E-state index contributed by atoms with van der Waals surface area (Å²) in [7, 11) is 1.61. The Morgan fingerprint density at radius 2 is 2.05 bits per heavy atom. The Kier molecular flexibility index (Phi) is 3.78. The highest BCUT2D eigenvalue weighted by Crippen LogP contribution is 2.28. The van der Waals surface area contributed by atoms with Crippen LogP contribution >= 0.6 is 0 Å². The van der Waals surface area contributed by atoms with Crippen molar-refractivity contribution < 1.29 is 14.3 Å². The molecule has 0 aliphatic carbocycles. The molecule has 1 heterocycles. The van der Waals surface area contributed by atoms with Crippen LogP contribution in [-0.2, 0) is 9.53 Å². The van der Waals surface area contributed by atoms with Gasteiger partial charge < -0.3 is 20.1 Å². The number of anilines is 1. The molecule has 1 saturated heterocycles. The normalized spacial score (nSPS) is 22.4. The van der Waals surface area contributed by atoms with E-state index in [1.54, 1.807) is 25.9 Å². The second-order valence-corrected chi connectivity index (χ2v) is 5.10. The maximum absolute atomic E-state index is 12.4. The van der Waals surface area contributed by atoms with Gasteiger partial charge >= 0.3 is 0 Å². The first-order chi connectivity index (χ1) is 8.97. The van der Waals surface area contributed by atoms with E-state index in [1.807, 2.05) is 24.3 Å². The van der Waals surface area contributed by atoms with Gasteiger partial charge in [0.15, 0.2) is 0 Å². The molecule has 0 spiro atoms. The maximum Gasteiger partial charge on any atom is 0.258 e. The molecule has 0 bridgehead atoms. The van der Waals surface area contributed by atoms with Gasteiger partial charge in [-0.1, -0.05) is 0 Å². The Hall–Kier alpha value is -1.59. The molecular weight excluding hydrogens is 244 g/mol. The Bertz CT molecular complexity index is 456. The summed E-state index contributed by atoms with van der Waals surface area (Å²) < 4.78 is 10.8. The summed E-state index contributed by atoms with van der Waals surface area (Å²) in [5.41, 5.74) is 5.66. The smallest absolute Gasteiger partial charge is 0.258 e. The van der Waals surface area contributed by atoms with Gasteiger partial charge in [0.05, 0.1) is 19.8 Å². The summed E-state index contributed by atoms with van der Waals surface area (Å²) in [5, 5.41) is 0. The van der Waals surface area contributed by atoms with Crippen molar-refractivity contribution in [2.45, 2.75) is 25.6 Å². The Balaban J connectivity index is 2.27. The van der Waals surface area contributed by atoms with Crippen LogP contribution in [0.2, 0.25) is 0 Å². The average molecular weight is 264 g/mol. The monoisotopic (exact) mass is 264 g/mol. The molecule has 0 aromatic heterocycles. The van der Waals surface area contributed by atoms with E-state index in [2.05, 4.69) is 0 Å². The third kappa shape index (κ3) is 2.72. The van der Waals surface area contributed by atoms with E-state index < -0.39 is 5.60 Å². The first kappa shape index (κ1) is 13.8. The largest absolute Gasteiger partial charge is 0.497 e. The van der Waals surface area contributed by atoms with Crippen molar-refractivity contribution >= 4 is 11.6 Å². The van der Waals surface area contributed by atoms with Crippen molar-refractivity contribution in [3.05, 3.63) is 24.3 Å². The molecule has 1 aliphatic rings. The van der Waals surface area contributed by atoms with E-state index in [0.29, 0.717) is 13.1 Å². The molecule has 1 atom stereocenters. The first-order valence-electron chi connectivity index (χ1n) is 6.32. The number of carbonyl (C=O) groups excluding carboxylic acids is 1. The molecular formula is C14H20N2O3. The van der Waals surface area contributed by atoms with E-state index >= 15 is 0 Å². The fourth-order valence-electron chi connectivity index (χ4n) is 2.22. The molecule has 1 fully saturated rings. The highest BCUT2D eigenvalue weighted by molar-refractivity contribution is 5.99. The lowest BCUT2D eigenvalue weighted by atomic mass is 10.0. The van der Waals surface area contributed by atoms with Gasteiger partial charge in [0.2, 0.25) is 0 Å². The molecule has 0 saturated carbocycles. The second kappa shape index (κ2) is 5.19. The van der Waals surface area contributed by atoms with Crippen LogP contribution in [-0.4, -0.2) is 37.8 Å². The van der Waals surface area contributed by atoms with Crippen molar-refractivity contribution in [3.8, 4) is 5.75 Å². The average Bonchev–Trinajstić information content (AvgIpc) is 2.41. The molecule has 1 unspecified atom stereocenters. The van der Waals surface area contributed by atoms with Crippen LogP contribution in [0.25, 0.3) is 0 Å². The summed E-state index contributed by atoms with van der Waals surface area (Å²) in [6.07, 6.45) is -0.144. The summed E-state index contributed by atoms with van der Waals surface area (Å²) in [6, 6.07) is 7.41. The SMILES string of the molecule is COc1ccc(N2CC(CN)OC(C)(C)C2=O)cc1. The minimum atomic E-state index is -0.845. The number of nitrogens with zero attached hydrogens (tertiary/aromatic N) is 1. The first-order valence-corrected chi connectivity index (χ1v) is 6.32. The highest BCUT2D eigenvalue weighted by Gasteiger charge is 2.41. The van der Waals surface area contributed by atoms with Gasteiger partial charge in [-0.3, -0.25) is 4.79 Å². The lowest BCUT2D eigenvalue weighted by molar-refractivity contribution is -0.153. The lowest BCUT2D eigenvalue weighted by Crippen LogP contribution is -2.59. The molecule has 5 nitrogen and oxygen atoms in total. The van der Waals surface area contributed by atoms with Gasteiger partial charge in [-0.15, -0.1) is 0 Å². The number of hydrogen-bond donors (Lipinski definition) is 1. The number of morpholine rings is 1. The van der Waals surface area contributed by atoms with Crippen LogP contribution in [0.3, 0.4) is 0 Å². The molecule has 0 radical (unpaired) electrons. The van der Waals surface area contributed by atoms with Gasteiger partial charge in [0.1, 0.15) is 11.4 Å². The highest BCUT2D eigenvalue weighted by atomic mass is 16.5. The van der Waals surface area contributed by atoms with Gasteiger partial charge in [-0.05, 0) is 38.1 Å². The van der Waals surface area contributed by atoms with Gasteiger partial charge in [0.25, 0.3) is 5.91 Å². The molecule has 1 aliphatic heterocycles. The predicted octanol–water partition coefficient (Wildman–Crippen LogP) is 1.16. The summed E-state index contributed by atoms with van der Waals surface area (Å²) >= 11 is 0. The van der Waals surface area contributed by atoms with E-state index in [9.17, 15) is 4.79 Å². The molecule has 19 heavy (non-hydrogen) atoms. The molecule has 5 heteroatoms. The topological polar surface area (TPSA) is 64.8 Å². The zero-order valence-electron chi connectivity index (χ0n) is 11.6. The number of carbonyl (C=O) groups is 1. The standard InChI is InChI=1S/C14H20N2O3/c1-14(2)13(17)16(9-12(8-15)19-14)10-4-6-11(18-3)7-5-10/h4-7,12H,8-9,15H2,1-3H3. The van der Waals surface area contributed by atoms with E-state index in [4.69, 9.17) is 15.2 Å². The summed E-state index contributed by atoms with van der Waals surface area (Å²) in [6.45, 7) is 4.41. The van der Waals surface area contributed by atoms with E-state index in [-0.39, 0.29) is 12.0 Å². The minimum Gasteiger partial charge on any atom is -0.497 e. The number of benzene rings is 1. The van der Waals surface area contributed by atoms with Crippen LogP contribution in [0.15, 0.2) is 24.3 Å². The number of hydrogen-bond acceptors (Lipinski definition) is 4. The summed E-state index contributed by atoms with van der Waals surface area (Å²) in [5.74, 6) is 0.710. The molecule has 1 aromatic rings. The third-order valence-electron chi connectivity index (χ3n) is 3.25. The maximum atomic E-state index is 12.4. The predicted molar refractivity (Wildman–Crippen MR) is 73.4 cm³/mol. The molecule has 1 amide bonds. The number of ether oxygens (including phenoxy) is 2. The fraction of sp³-hybridized carbons (Fsp3) is 0.500. The lowest BCUT2D eigenvalue weighted by Gasteiger charge is -2.41. The van der Waals surface area contributed by atoms with Gasteiger partial charge in [-0.2, -0.15) is 0 Å². The Labute approximate surface area is 113 Å². The number of methoxy groups -OCH3 is 1. The van der Waals surface area contributed by atoms with Crippen molar-refractivity contribution in [1.29, 1.82) is 0 Å². The van der Waals surface area contributed by atoms with Crippen molar-refractivity contribution in [3.63, 3.8) is 0 Å². The van der Waals surface area contributed by atoms with Crippen molar-refractivity contribution in [2.75, 3.05) is 25.1 Å².